The molecule has 2 saturated heterocycles. The van der Waals surface area contributed by atoms with Gasteiger partial charge < -0.3 is 10.6 Å². The molecule has 0 aliphatic carbocycles. The van der Waals surface area contributed by atoms with Gasteiger partial charge in [0.2, 0.25) is 5.91 Å². The van der Waals surface area contributed by atoms with Crippen molar-refractivity contribution in [2.24, 2.45) is 5.92 Å². The predicted octanol–water partition coefficient (Wildman–Crippen LogP) is 0.585. The van der Waals surface area contributed by atoms with Crippen molar-refractivity contribution in [3.8, 4) is 0 Å². The Bertz CT molecular complexity index is 267. The first-order chi connectivity index (χ1) is 8.18. The molecule has 2 heterocycles. The van der Waals surface area contributed by atoms with E-state index in [1.54, 1.807) is 0 Å². The fourth-order valence-electron chi connectivity index (χ4n) is 2.99. The van der Waals surface area contributed by atoms with Crippen molar-refractivity contribution >= 4 is 5.91 Å². The first-order valence-corrected chi connectivity index (χ1v) is 6.93. The van der Waals surface area contributed by atoms with E-state index in [4.69, 9.17) is 0 Å². The maximum Gasteiger partial charge on any atom is 0.224 e. The van der Waals surface area contributed by atoms with Crippen LogP contribution < -0.4 is 10.6 Å². The molecule has 0 radical (unpaired) electrons. The van der Waals surface area contributed by atoms with Gasteiger partial charge in [-0.1, -0.05) is 13.8 Å². The highest BCUT2D eigenvalue weighted by Crippen LogP contribution is 2.27. The number of nitrogens with zero attached hydrogens (tertiary/aromatic N) is 1. The zero-order chi connectivity index (χ0) is 12.3. The minimum Gasteiger partial charge on any atom is -0.354 e. The van der Waals surface area contributed by atoms with E-state index in [-0.39, 0.29) is 11.8 Å². The molecule has 2 fully saturated rings. The molecular weight excluding hydrogens is 214 g/mol. The lowest BCUT2D eigenvalue weighted by Crippen LogP contribution is -2.46. The molecule has 1 amide bonds. The van der Waals surface area contributed by atoms with Crippen LogP contribution in [0.4, 0.5) is 0 Å². The lowest BCUT2D eigenvalue weighted by molar-refractivity contribution is -0.124. The number of hydrogen-bond acceptors (Lipinski definition) is 3. The van der Waals surface area contributed by atoms with Crippen molar-refractivity contribution in [1.29, 1.82) is 0 Å². The van der Waals surface area contributed by atoms with Gasteiger partial charge in [-0.15, -0.1) is 0 Å². The first-order valence-electron chi connectivity index (χ1n) is 6.93. The molecule has 0 aromatic heterocycles. The second-order valence-electron chi connectivity index (χ2n) is 5.56. The molecule has 2 unspecified atom stereocenters. The smallest absolute Gasteiger partial charge is 0.224 e. The number of piperidine rings is 1. The SMILES string of the molecule is CC(C)NCCCN1CCCC2C(=O)NCC21. The van der Waals surface area contributed by atoms with Gasteiger partial charge in [-0.2, -0.15) is 0 Å². The average Bonchev–Trinajstić information content (AvgIpc) is 2.67. The van der Waals surface area contributed by atoms with E-state index >= 15 is 0 Å². The van der Waals surface area contributed by atoms with Crippen molar-refractivity contribution in [3.05, 3.63) is 0 Å². The molecule has 0 saturated carbocycles. The largest absolute Gasteiger partial charge is 0.354 e. The summed E-state index contributed by atoms with van der Waals surface area (Å²) < 4.78 is 0. The van der Waals surface area contributed by atoms with E-state index in [9.17, 15) is 4.79 Å². The predicted molar refractivity (Wildman–Crippen MR) is 68.9 cm³/mol. The summed E-state index contributed by atoms with van der Waals surface area (Å²) in [5.41, 5.74) is 0. The number of carbonyl (C=O) groups is 1. The minimum atomic E-state index is 0.266. The fourth-order valence-corrected chi connectivity index (χ4v) is 2.99. The van der Waals surface area contributed by atoms with Crippen LogP contribution in [0.5, 0.6) is 0 Å². The molecule has 2 aliphatic heterocycles. The zero-order valence-electron chi connectivity index (χ0n) is 11.0. The van der Waals surface area contributed by atoms with E-state index < -0.39 is 0 Å². The molecule has 4 nitrogen and oxygen atoms in total. The van der Waals surface area contributed by atoms with Crippen LogP contribution >= 0.6 is 0 Å². The molecular formula is C13H25N3O. The zero-order valence-corrected chi connectivity index (χ0v) is 11.0. The molecule has 2 N–H and O–H groups in total. The van der Waals surface area contributed by atoms with Gasteiger partial charge in [0.15, 0.2) is 0 Å². The molecule has 98 valence electrons. The van der Waals surface area contributed by atoms with E-state index in [1.165, 1.54) is 12.8 Å². The first kappa shape index (κ1) is 12.8. The van der Waals surface area contributed by atoms with Crippen LogP contribution in [0.15, 0.2) is 0 Å². The Morgan fingerprint density at radius 1 is 1.53 bits per heavy atom. The Balaban J connectivity index is 1.74. The van der Waals surface area contributed by atoms with Crippen LogP contribution in [-0.4, -0.2) is 49.1 Å². The lowest BCUT2D eigenvalue weighted by atomic mass is 9.91. The topological polar surface area (TPSA) is 44.4 Å². The Morgan fingerprint density at radius 3 is 3.12 bits per heavy atom. The van der Waals surface area contributed by atoms with E-state index in [0.29, 0.717) is 12.1 Å². The summed E-state index contributed by atoms with van der Waals surface area (Å²) in [7, 11) is 0. The number of likely N-dealkylation sites (tertiary alicyclic amines) is 1. The summed E-state index contributed by atoms with van der Waals surface area (Å²) in [6.45, 7) is 8.58. The monoisotopic (exact) mass is 239 g/mol. The molecule has 0 aromatic rings. The van der Waals surface area contributed by atoms with Crippen molar-refractivity contribution in [2.45, 2.75) is 45.2 Å². The molecule has 0 spiro atoms. The summed E-state index contributed by atoms with van der Waals surface area (Å²) in [4.78, 5) is 14.1. The second kappa shape index (κ2) is 5.83. The van der Waals surface area contributed by atoms with Crippen LogP contribution in [0.2, 0.25) is 0 Å². The third-order valence-corrected chi connectivity index (χ3v) is 3.89. The van der Waals surface area contributed by atoms with Crippen LogP contribution in [0.3, 0.4) is 0 Å². The third-order valence-electron chi connectivity index (χ3n) is 3.89. The number of rotatable bonds is 5. The Morgan fingerprint density at radius 2 is 2.35 bits per heavy atom. The fraction of sp³-hybridized carbons (Fsp3) is 0.923. The normalized spacial score (nSPS) is 29.5. The van der Waals surface area contributed by atoms with Gasteiger partial charge >= 0.3 is 0 Å². The average molecular weight is 239 g/mol. The van der Waals surface area contributed by atoms with Crippen molar-refractivity contribution in [1.82, 2.24) is 15.5 Å². The summed E-state index contributed by atoms with van der Waals surface area (Å²) in [5.74, 6) is 0.543. The van der Waals surface area contributed by atoms with Crippen molar-refractivity contribution < 1.29 is 4.79 Å². The molecule has 4 heteroatoms. The van der Waals surface area contributed by atoms with Crippen LogP contribution in [0.1, 0.15) is 33.1 Å². The van der Waals surface area contributed by atoms with Crippen molar-refractivity contribution in [3.63, 3.8) is 0 Å². The van der Waals surface area contributed by atoms with Crippen LogP contribution in [-0.2, 0) is 4.79 Å². The van der Waals surface area contributed by atoms with Gasteiger partial charge in [-0.25, -0.2) is 0 Å². The highest BCUT2D eigenvalue weighted by molar-refractivity contribution is 5.82. The molecule has 0 aromatic carbocycles. The van der Waals surface area contributed by atoms with Gasteiger partial charge in [0.1, 0.15) is 0 Å². The quantitative estimate of drug-likeness (QED) is 0.690. The van der Waals surface area contributed by atoms with Gasteiger partial charge in [0, 0.05) is 18.6 Å². The lowest BCUT2D eigenvalue weighted by Gasteiger charge is -2.35. The number of nitrogens with one attached hydrogen (secondary N) is 2. The van der Waals surface area contributed by atoms with Gasteiger partial charge in [0.25, 0.3) is 0 Å². The van der Waals surface area contributed by atoms with E-state index in [0.717, 1.165) is 32.6 Å². The maximum absolute atomic E-state index is 11.6. The maximum atomic E-state index is 11.6. The standard InChI is InChI=1S/C13H25N3O/c1-10(2)14-6-4-8-16-7-3-5-11-12(16)9-15-13(11)17/h10-12,14H,3-9H2,1-2H3,(H,15,17). The Hall–Kier alpha value is -0.610. The summed E-state index contributed by atoms with van der Waals surface area (Å²) in [5, 5.41) is 6.45. The van der Waals surface area contributed by atoms with Crippen molar-refractivity contribution in [2.75, 3.05) is 26.2 Å². The number of amides is 1. The highest BCUT2D eigenvalue weighted by atomic mass is 16.2. The Kier molecular flexibility index (Phi) is 4.40. The Labute approximate surface area is 104 Å². The number of carbonyl (C=O) groups excluding carboxylic acids is 1. The van der Waals surface area contributed by atoms with Gasteiger partial charge in [0.05, 0.1) is 5.92 Å². The van der Waals surface area contributed by atoms with Crippen LogP contribution in [0, 0.1) is 5.92 Å². The molecule has 2 atom stereocenters. The summed E-state index contributed by atoms with van der Waals surface area (Å²) in [6, 6.07) is 1.04. The minimum absolute atomic E-state index is 0.266. The third kappa shape index (κ3) is 3.19. The number of fused-ring (bicyclic) bond motifs is 1. The molecule has 2 aliphatic rings. The second-order valence-corrected chi connectivity index (χ2v) is 5.56. The molecule has 2 rings (SSSR count). The number of hydrogen-bond donors (Lipinski definition) is 2. The van der Waals surface area contributed by atoms with Gasteiger partial charge in [-0.05, 0) is 38.9 Å². The van der Waals surface area contributed by atoms with E-state index in [2.05, 4.69) is 29.4 Å². The summed E-state index contributed by atoms with van der Waals surface area (Å²) >= 11 is 0. The summed E-state index contributed by atoms with van der Waals surface area (Å²) in [6.07, 6.45) is 3.43. The molecule has 17 heavy (non-hydrogen) atoms. The molecule has 0 bridgehead atoms. The van der Waals surface area contributed by atoms with Gasteiger partial charge in [-0.3, -0.25) is 9.69 Å². The van der Waals surface area contributed by atoms with Crippen LogP contribution in [0.25, 0.3) is 0 Å². The van der Waals surface area contributed by atoms with E-state index in [1.807, 2.05) is 0 Å². The highest BCUT2D eigenvalue weighted by Gasteiger charge is 2.40.